The highest BCUT2D eigenvalue weighted by molar-refractivity contribution is 7.07. The van der Waals surface area contributed by atoms with Gasteiger partial charge in [0.05, 0.1) is 35.6 Å². The van der Waals surface area contributed by atoms with E-state index in [1.165, 1.54) is 11.3 Å². The van der Waals surface area contributed by atoms with Crippen LogP contribution in [0.2, 0.25) is 5.02 Å². The van der Waals surface area contributed by atoms with Gasteiger partial charge in [0.2, 0.25) is 0 Å². The maximum absolute atomic E-state index is 13.5. The van der Waals surface area contributed by atoms with Crippen LogP contribution >= 0.6 is 22.9 Å². The largest absolute Gasteiger partial charge is 0.497 e. The van der Waals surface area contributed by atoms with E-state index in [-0.39, 0.29) is 12.2 Å². The van der Waals surface area contributed by atoms with Crippen molar-refractivity contribution in [3.8, 4) is 5.75 Å². The smallest absolute Gasteiger partial charge is 0.338 e. The van der Waals surface area contributed by atoms with Crippen LogP contribution in [0, 0.1) is 0 Å². The fourth-order valence-electron chi connectivity index (χ4n) is 3.63. The number of allylic oxidation sites excluding steroid dienone is 1. The van der Waals surface area contributed by atoms with Crippen molar-refractivity contribution in [2.24, 2.45) is 4.99 Å². The molecule has 0 saturated carbocycles. The normalized spacial score (nSPS) is 15.9. The fraction of sp³-hybridized carbons (Fsp3) is 0.208. The zero-order valence-corrected chi connectivity index (χ0v) is 19.4. The molecule has 6 nitrogen and oxygen atoms in total. The van der Waals surface area contributed by atoms with Gasteiger partial charge in [-0.3, -0.25) is 9.36 Å². The Balaban J connectivity index is 1.96. The number of esters is 1. The SMILES string of the molecule is CCOC(=O)C1=C(C)N=c2s/c(=C\c3ccccc3Cl)c(=O)n2[C@@H]1c1ccc(OC)cc1. The minimum Gasteiger partial charge on any atom is -0.497 e. The van der Waals surface area contributed by atoms with E-state index in [0.29, 0.717) is 31.4 Å². The number of halogens is 1. The summed E-state index contributed by atoms with van der Waals surface area (Å²) in [5.41, 5.74) is 2.11. The van der Waals surface area contributed by atoms with Crippen molar-refractivity contribution in [1.29, 1.82) is 0 Å². The molecule has 1 aliphatic heterocycles. The van der Waals surface area contributed by atoms with Crippen LogP contribution in [0.5, 0.6) is 5.75 Å². The molecule has 3 aromatic rings. The summed E-state index contributed by atoms with van der Waals surface area (Å²) < 4.78 is 12.6. The summed E-state index contributed by atoms with van der Waals surface area (Å²) in [6.07, 6.45) is 1.75. The molecule has 2 heterocycles. The second-order valence-electron chi connectivity index (χ2n) is 7.10. The van der Waals surface area contributed by atoms with Crippen LogP contribution < -0.4 is 19.6 Å². The molecule has 0 fully saturated rings. The van der Waals surface area contributed by atoms with Crippen molar-refractivity contribution in [3.63, 3.8) is 0 Å². The first-order chi connectivity index (χ1) is 15.4. The number of hydrogen-bond donors (Lipinski definition) is 0. The zero-order chi connectivity index (χ0) is 22.8. The standard InChI is InChI=1S/C24H21ClN2O4S/c1-4-31-23(29)20-14(2)26-24-27(21(20)15-9-11-17(30-3)12-10-15)22(28)19(32-24)13-16-7-5-6-8-18(16)25/h5-13,21H,4H2,1-3H3/b19-13-/t21-/m1/s1. The molecule has 0 saturated heterocycles. The molecule has 32 heavy (non-hydrogen) atoms. The molecule has 0 bridgehead atoms. The van der Waals surface area contributed by atoms with Gasteiger partial charge in [-0.25, -0.2) is 9.79 Å². The number of fused-ring (bicyclic) bond motifs is 1. The van der Waals surface area contributed by atoms with Crippen LogP contribution in [0.15, 0.2) is 69.6 Å². The molecule has 0 radical (unpaired) electrons. The molecule has 0 aliphatic carbocycles. The maximum Gasteiger partial charge on any atom is 0.338 e. The number of aromatic nitrogens is 1. The summed E-state index contributed by atoms with van der Waals surface area (Å²) >= 11 is 7.55. The van der Waals surface area contributed by atoms with E-state index in [0.717, 1.165) is 11.1 Å². The Bertz CT molecular complexity index is 1390. The van der Waals surface area contributed by atoms with E-state index in [1.807, 2.05) is 30.3 Å². The Labute approximate surface area is 193 Å². The summed E-state index contributed by atoms with van der Waals surface area (Å²) in [5, 5.41) is 0.549. The topological polar surface area (TPSA) is 69.9 Å². The van der Waals surface area contributed by atoms with Gasteiger partial charge in [-0.15, -0.1) is 0 Å². The van der Waals surface area contributed by atoms with Gasteiger partial charge in [-0.1, -0.05) is 53.3 Å². The van der Waals surface area contributed by atoms with Gasteiger partial charge in [0.1, 0.15) is 5.75 Å². The number of methoxy groups -OCH3 is 1. The third-order valence-corrected chi connectivity index (χ3v) is 6.47. The summed E-state index contributed by atoms with van der Waals surface area (Å²) in [6, 6.07) is 13.9. The average molecular weight is 469 g/mol. The Kier molecular flexibility index (Phi) is 6.30. The van der Waals surface area contributed by atoms with Crippen LogP contribution in [-0.2, 0) is 9.53 Å². The number of carbonyl (C=O) groups excluding carboxylic acids is 1. The lowest BCUT2D eigenvalue weighted by Crippen LogP contribution is -2.39. The van der Waals surface area contributed by atoms with Crippen LogP contribution in [0.4, 0.5) is 0 Å². The fourth-order valence-corrected chi connectivity index (χ4v) is 4.85. The van der Waals surface area contributed by atoms with Gasteiger partial charge in [0.15, 0.2) is 4.80 Å². The van der Waals surface area contributed by atoms with E-state index in [9.17, 15) is 9.59 Å². The van der Waals surface area contributed by atoms with Gasteiger partial charge in [0, 0.05) is 5.02 Å². The van der Waals surface area contributed by atoms with E-state index >= 15 is 0 Å². The Morgan fingerprint density at radius 2 is 1.94 bits per heavy atom. The number of carbonyl (C=O) groups is 1. The number of hydrogen-bond acceptors (Lipinski definition) is 6. The van der Waals surface area contributed by atoms with E-state index in [1.54, 1.807) is 49.8 Å². The van der Waals surface area contributed by atoms with Crippen molar-refractivity contribution in [1.82, 2.24) is 4.57 Å². The summed E-state index contributed by atoms with van der Waals surface area (Å²) in [4.78, 5) is 31.5. The van der Waals surface area contributed by atoms with Crippen LogP contribution in [0.1, 0.15) is 31.0 Å². The van der Waals surface area contributed by atoms with Crippen molar-refractivity contribution >= 4 is 35.0 Å². The number of thiazole rings is 1. The first kappa shape index (κ1) is 22.0. The van der Waals surface area contributed by atoms with Gasteiger partial charge in [0.25, 0.3) is 5.56 Å². The minimum atomic E-state index is -0.662. The summed E-state index contributed by atoms with van der Waals surface area (Å²) in [7, 11) is 1.58. The quantitative estimate of drug-likeness (QED) is 0.538. The first-order valence-electron chi connectivity index (χ1n) is 10.0. The molecule has 0 spiro atoms. The average Bonchev–Trinajstić information content (AvgIpc) is 3.09. The highest BCUT2D eigenvalue weighted by Crippen LogP contribution is 2.31. The highest BCUT2D eigenvalue weighted by Gasteiger charge is 2.33. The molecule has 1 atom stereocenters. The summed E-state index contributed by atoms with van der Waals surface area (Å²) in [5.74, 6) is 0.188. The van der Waals surface area contributed by atoms with Gasteiger partial charge in [-0.2, -0.15) is 0 Å². The Morgan fingerprint density at radius 1 is 1.22 bits per heavy atom. The lowest BCUT2D eigenvalue weighted by atomic mass is 9.96. The second-order valence-corrected chi connectivity index (χ2v) is 8.51. The minimum absolute atomic E-state index is 0.224. The molecule has 2 aromatic carbocycles. The molecule has 0 N–H and O–H groups in total. The molecular weight excluding hydrogens is 448 g/mol. The molecule has 8 heteroatoms. The van der Waals surface area contributed by atoms with Crippen LogP contribution in [-0.4, -0.2) is 24.3 Å². The monoisotopic (exact) mass is 468 g/mol. The predicted octanol–water partition coefficient (Wildman–Crippen LogP) is 3.46. The second kappa shape index (κ2) is 9.14. The van der Waals surface area contributed by atoms with Crippen molar-refractivity contribution in [2.75, 3.05) is 13.7 Å². The van der Waals surface area contributed by atoms with Crippen molar-refractivity contribution < 1.29 is 14.3 Å². The van der Waals surface area contributed by atoms with Crippen LogP contribution in [0.25, 0.3) is 6.08 Å². The Morgan fingerprint density at radius 3 is 2.59 bits per heavy atom. The molecule has 4 rings (SSSR count). The van der Waals surface area contributed by atoms with Gasteiger partial charge < -0.3 is 9.47 Å². The number of benzene rings is 2. The molecule has 0 amide bonds. The van der Waals surface area contributed by atoms with E-state index in [4.69, 9.17) is 21.1 Å². The maximum atomic E-state index is 13.5. The predicted molar refractivity (Wildman–Crippen MR) is 125 cm³/mol. The highest BCUT2D eigenvalue weighted by atomic mass is 35.5. The number of nitrogens with zero attached hydrogens (tertiary/aromatic N) is 2. The zero-order valence-electron chi connectivity index (χ0n) is 17.8. The molecule has 0 unspecified atom stereocenters. The first-order valence-corrected chi connectivity index (χ1v) is 11.2. The van der Waals surface area contributed by atoms with E-state index < -0.39 is 12.0 Å². The van der Waals surface area contributed by atoms with E-state index in [2.05, 4.69) is 4.99 Å². The lowest BCUT2D eigenvalue weighted by molar-refractivity contribution is -0.139. The van der Waals surface area contributed by atoms with Crippen molar-refractivity contribution in [3.05, 3.63) is 95.6 Å². The third kappa shape index (κ3) is 4.01. The van der Waals surface area contributed by atoms with Crippen LogP contribution in [0.3, 0.4) is 0 Å². The Hall–Kier alpha value is -3.16. The lowest BCUT2D eigenvalue weighted by Gasteiger charge is -2.24. The molecular formula is C24H21ClN2O4S. The third-order valence-electron chi connectivity index (χ3n) is 5.14. The molecule has 164 valence electrons. The number of rotatable bonds is 5. The molecule has 1 aromatic heterocycles. The number of ether oxygens (including phenoxy) is 2. The van der Waals surface area contributed by atoms with Gasteiger partial charge >= 0.3 is 5.97 Å². The van der Waals surface area contributed by atoms with Crippen molar-refractivity contribution in [2.45, 2.75) is 19.9 Å². The van der Waals surface area contributed by atoms with Gasteiger partial charge in [-0.05, 0) is 49.2 Å². The molecule has 1 aliphatic rings. The summed E-state index contributed by atoms with van der Waals surface area (Å²) in [6.45, 7) is 3.73.